The fourth-order valence-electron chi connectivity index (χ4n) is 3.80. The molecule has 150 valence electrons. The SMILES string of the molecule is CCOc1ccccc1C(=O)NCCCC(=O)N1CCC2CCC(C1)N2.Cl. The largest absolute Gasteiger partial charge is 0.493 e. The maximum Gasteiger partial charge on any atom is 0.255 e. The third-order valence-electron chi connectivity index (χ3n) is 5.16. The molecule has 0 spiro atoms. The van der Waals surface area contributed by atoms with Gasteiger partial charge >= 0.3 is 0 Å². The zero-order chi connectivity index (χ0) is 18.4. The first-order valence-corrected chi connectivity index (χ1v) is 9.71. The van der Waals surface area contributed by atoms with E-state index in [9.17, 15) is 9.59 Å². The Balaban J connectivity index is 0.00000261. The van der Waals surface area contributed by atoms with E-state index in [4.69, 9.17) is 4.74 Å². The Morgan fingerprint density at radius 3 is 2.81 bits per heavy atom. The third kappa shape index (κ3) is 5.84. The normalized spacial score (nSPS) is 21.1. The molecular formula is C20H30ClN3O3. The quantitative estimate of drug-likeness (QED) is 0.695. The summed E-state index contributed by atoms with van der Waals surface area (Å²) in [5.74, 6) is 0.636. The van der Waals surface area contributed by atoms with Gasteiger partial charge in [-0.2, -0.15) is 0 Å². The van der Waals surface area contributed by atoms with Crippen LogP contribution in [-0.2, 0) is 4.79 Å². The first kappa shape index (κ1) is 21.5. The molecule has 2 unspecified atom stereocenters. The molecule has 0 radical (unpaired) electrons. The minimum absolute atomic E-state index is 0. The fourth-order valence-corrected chi connectivity index (χ4v) is 3.80. The molecule has 2 bridgehead atoms. The number of benzene rings is 1. The van der Waals surface area contributed by atoms with Crippen LogP contribution in [0.3, 0.4) is 0 Å². The second-order valence-electron chi connectivity index (χ2n) is 7.05. The van der Waals surface area contributed by atoms with Crippen LogP contribution in [0.25, 0.3) is 0 Å². The van der Waals surface area contributed by atoms with Crippen molar-refractivity contribution in [2.24, 2.45) is 0 Å². The summed E-state index contributed by atoms with van der Waals surface area (Å²) >= 11 is 0. The number of fused-ring (bicyclic) bond motifs is 2. The second-order valence-corrected chi connectivity index (χ2v) is 7.05. The van der Waals surface area contributed by atoms with Crippen molar-refractivity contribution < 1.29 is 14.3 Å². The lowest BCUT2D eigenvalue weighted by Gasteiger charge is -2.24. The first-order chi connectivity index (χ1) is 12.7. The molecule has 0 aromatic heterocycles. The van der Waals surface area contributed by atoms with Crippen molar-refractivity contribution >= 4 is 24.2 Å². The van der Waals surface area contributed by atoms with Crippen LogP contribution in [0.1, 0.15) is 49.4 Å². The third-order valence-corrected chi connectivity index (χ3v) is 5.16. The number of carbonyl (C=O) groups excluding carboxylic acids is 2. The summed E-state index contributed by atoms with van der Waals surface area (Å²) in [6.07, 6.45) is 4.59. The van der Waals surface area contributed by atoms with Gasteiger partial charge in [0, 0.05) is 38.1 Å². The number of amides is 2. The summed E-state index contributed by atoms with van der Waals surface area (Å²) in [5, 5.41) is 6.48. The summed E-state index contributed by atoms with van der Waals surface area (Å²) in [4.78, 5) is 26.8. The average molecular weight is 396 g/mol. The highest BCUT2D eigenvalue weighted by atomic mass is 35.5. The van der Waals surface area contributed by atoms with E-state index < -0.39 is 0 Å². The van der Waals surface area contributed by atoms with Crippen molar-refractivity contribution in [3.63, 3.8) is 0 Å². The van der Waals surface area contributed by atoms with Crippen LogP contribution in [-0.4, -0.2) is 55.0 Å². The van der Waals surface area contributed by atoms with Crippen molar-refractivity contribution in [3.8, 4) is 5.75 Å². The summed E-state index contributed by atoms with van der Waals surface area (Å²) in [6, 6.07) is 8.27. The van der Waals surface area contributed by atoms with Crippen molar-refractivity contribution in [1.29, 1.82) is 0 Å². The number of carbonyl (C=O) groups is 2. The van der Waals surface area contributed by atoms with Gasteiger partial charge in [0.05, 0.1) is 12.2 Å². The molecule has 2 heterocycles. The number of nitrogens with one attached hydrogen (secondary N) is 2. The molecule has 3 rings (SSSR count). The monoisotopic (exact) mass is 395 g/mol. The first-order valence-electron chi connectivity index (χ1n) is 9.71. The van der Waals surface area contributed by atoms with E-state index in [-0.39, 0.29) is 24.2 Å². The van der Waals surface area contributed by atoms with Crippen LogP contribution < -0.4 is 15.4 Å². The summed E-state index contributed by atoms with van der Waals surface area (Å²) < 4.78 is 5.49. The molecule has 2 aliphatic rings. The van der Waals surface area contributed by atoms with E-state index in [1.165, 1.54) is 12.8 Å². The molecular weight excluding hydrogens is 366 g/mol. The molecule has 6 nitrogen and oxygen atoms in total. The molecule has 0 aliphatic carbocycles. The number of ether oxygens (including phenoxy) is 1. The number of hydrogen-bond acceptors (Lipinski definition) is 4. The number of likely N-dealkylation sites (tertiary alicyclic amines) is 1. The van der Waals surface area contributed by atoms with Crippen molar-refractivity contribution in [1.82, 2.24) is 15.5 Å². The number of rotatable bonds is 7. The Hall–Kier alpha value is -1.79. The Labute approximate surface area is 167 Å². The molecule has 7 heteroatoms. The predicted molar refractivity (Wildman–Crippen MR) is 108 cm³/mol. The molecule has 1 aromatic carbocycles. The van der Waals surface area contributed by atoms with Gasteiger partial charge in [0.25, 0.3) is 5.91 Å². The van der Waals surface area contributed by atoms with Gasteiger partial charge in [0.1, 0.15) is 5.75 Å². The molecule has 0 saturated carbocycles. The highest BCUT2D eigenvalue weighted by Crippen LogP contribution is 2.21. The number of nitrogens with zero attached hydrogens (tertiary/aromatic N) is 1. The van der Waals surface area contributed by atoms with Crippen LogP contribution in [0, 0.1) is 0 Å². The van der Waals surface area contributed by atoms with Gasteiger partial charge in [-0.3, -0.25) is 9.59 Å². The molecule has 2 N–H and O–H groups in total. The predicted octanol–water partition coefficient (Wildman–Crippen LogP) is 2.37. The second kappa shape index (κ2) is 10.5. The van der Waals surface area contributed by atoms with Crippen molar-refractivity contribution in [3.05, 3.63) is 29.8 Å². The maximum atomic E-state index is 12.4. The minimum atomic E-state index is -0.155. The lowest BCUT2D eigenvalue weighted by atomic mass is 10.1. The maximum absolute atomic E-state index is 12.4. The Morgan fingerprint density at radius 1 is 1.22 bits per heavy atom. The van der Waals surface area contributed by atoms with Gasteiger partial charge in [-0.1, -0.05) is 12.1 Å². The van der Waals surface area contributed by atoms with Gasteiger partial charge in [-0.25, -0.2) is 0 Å². The van der Waals surface area contributed by atoms with Gasteiger partial charge in [-0.05, 0) is 44.7 Å². The highest BCUT2D eigenvalue weighted by Gasteiger charge is 2.30. The zero-order valence-electron chi connectivity index (χ0n) is 15.9. The minimum Gasteiger partial charge on any atom is -0.493 e. The molecule has 2 atom stereocenters. The summed E-state index contributed by atoms with van der Waals surface area (Å²) in [7, 11) is 0. The molecule has 1 aromatic rings. The lowest BCUT2D eigenvalue weighted by molar-refractivity contribution is -0.131. The molecule has 2 saturated heterocycles. The Bertz CT molecular complexity index is 641. The van der Waals surface area contributed by atoms with E-state index in [0.29, 0.717) is 49.4 Å². The Morgan fingerprint density at radius 2 is 2.00 bits per heavy atom. The lowest BCUT2D eigenvalue weighted by Crippen LogP contribution is -2.39. The number of halogens is 1. The highest BCUT2D eigenvalue weighted by molar-refractivity contribution is 5.96. The van der Waals surface area contributed by atoms with E-state index in [2.05, 4.69) is 10.6 Å². The summed E-state index contributed by atoms with van der Waals surface area (Å²) in [6.45, 7) is 4.57. The van der Waals surface area contributed by atoms with Crippen molar-refractivity contribution in [2.75, 3.05) is 26.2 Å². The molecule has 27 heavy (non-hydrogen) atoms. The van der Waals surface area contributed by atoms with Crippen LogP contribution >= 0.6 is 12.4 Å². The fraction of sp³-hybridized carbons (Fsp3) is 0.600. The van der Waals surface area contributed by atoms with Gasteiger partial charge in [0.15, 0.2) is 0 Å². The van der Waals surface area contributed by atoms with E-state index >= 15 is 0 Å². The van der Waals surface area contributed by atoms with E-state index in [1.807, 2.05) is 24.0 Å². The zero-order valence-corrected chi connectivity index (χ0v) is 16.7. The standard InChI is InChI=1S/C20H29N3O3.ClH/c1-2-26-18-7-4-3-6-17(18)20(25)21-12-5-8-19(24)23-13-11-15-9-10-16(14-23)22-15;/h3-4,6-7,15-16,22H,2,5,8-14H2,1H3,(H,21,25);1H. The number of hydrogen-bond donors (Lipinski definition) is 2. The van der Waals surface area contributed by atoms with Crippen LogP contribution in [0.15, 0.2) is 24.3 Å². The van der Waals surface area contributed by atoms with Gasteiger partial charge < -0.3 is 20.3 Å². The molecule has 2 fully saturated rings. The smallest absolute Gasteiger partial charge is 0.255 e. The van der Waals surface area contributed by atoms with Crippen LogP contribution in [0.5, 0.6) is 5.75 Å². The van der Waals surface area contributed by atoms with Crippen molar-refractivity contribution in [2.45, 2.75) is 51.1 Å². The van der Waals surface area contributed by atoms with Gasteiger partial charge in [-0.15, -0.1) is 12.4 Å². The Kier molecular flexibility index (Phi) is 8.38. The van der Waals surface area contributed by atoms with Crippen LogP contribution in [0.2, 0.25) is 0 Å². The van der Waals surface area contributed by atoms with E-state index in [0.717, 1.165) is 19.5 Å². The average Bonchev–Trinajstić information content (AvgIpc) is 2.98. The van der Waals surface area contributed by atoms with Gasteiger partial charge in [0.2, 0.25) is 5.91 Å². The topological polar surface area (TPSA) is 70.7 Å². The number of para-hydroxylation sites is 1. The molecule has 2 amide bonds. The van der Waals surface area contributed by atoms with Crippen LogP contribution in [0.4, 0.5) is 0 Å². The summed E-state index contributed by atoms with van der Waals surface area (Å²) in [5.41, 5.74) is 0.537. The molecule has 2 aliphatic heterocycles. The van der Waals surface area contributed by atoms with E-state index in [1.54, 1.807) is 12.1 Å².